The first-order chi connectivity index (χ1) is 11.6. The van der Waals surface area contributed by atoms with E-state index < -0.39 is 0 Å². The summed E-state index contributed by atoms with van der Waals surface area (Å²) in [5.41, 5.74) is 1.85. The summed E-state index contributed by atoms with van der Waals surface area (Å²) < 4.78 is 16.1. The number of hydrogen-bond acceptors (Lipinski definition) is 6. The zero-order valence-corrected chi connectivity index (χ0v) is 13.6. The SMILES string of the molecule is Cc1cc(-c2nnc(COC(=O)CCc3ccccc3)o2)c(C)o1. The lowest BCUT2D eigenvalue weighted by Crippen LogP contribution is -2.06. The second-order valence-corrected chi connectivity index (χ2v) is 5.47. The molecule has 0 spiro atoms. The first-order valence-electron chi connectivity index (χ1n) is 7.71. The molecule has 0 saturated heterocycles. The molecule has 0 amide bonds. The van der Waals surface area contributed by atoms with E-state index in [9.17, 15) is 4.79 Å². The molecule has 0 aliphatic carbocycles. The molecule has 0 fully saturated rings. The number of nitrogens with zero attached hydrogens (tertiary/aromatic N) is 2. The van der Waals surface area contributed by atoms with Gasteiger partial charge in [-0.3, -0.25) is 4.79 Å². The van der Waals surface area contributed by atoms with Crippen LogP contribution < -0.4 is 0 Å². The highest BCUT2D eigenvalue weighted by Gasteiger charge is 2.15. The molecule has 0 saturated carbocycles. The maximum absolute atomic E-state index is 11.8. The van der Waals surface area contributed by atoms with E-state index in [1.165, 1.54) is 0 Å². The fourth-order valence-electron chi connectivity index (χ4n) is 2.37. The van der Waals surface area contributed by atoms with Crippen LogP contribution in [0.15, 0.2) is 45.2 Å². The minimum atomic E-state index is -0.297. The predicted molar refractivity (Wildman–Crippen MR) is 86.0 cm³/mol. The van der Waals surface area contributed by atoms with Crippen LogP contribution in [0.3, 0.4) is 0 Å². The third-order valence-corrected chi connectivity index (χ3v) is 3.56. The summed E-state index contributed by atoms with van der Waals surface area (Å²) >= 11 is 0. The normalized spacial score (nSPS) is 10.8. The molecular weight excluding hydrogens is 308 g/mol. The van der Waals surface area contributed by atoms with Crippen molar-refractivity contribution in [2.45, 2.75) is 33.3 Å². The molecule has 0 atom stereocenters. The summed E-state index contributed by atoms with van der Waals surface area (Å²) in [5, 5.41) is 7.86. The number of benzene rings is 1. The van der Waals surface area contributed by atoms with E-state index in [-0.39, 0.29) is 18.5 Å². The van der Waals surface area contributed by atoms with E-state index in [2.05, 4.69) is 10.2 Å². The van der Waals surface area contributed by atoms with Crippen LogP contribution in [0.4, 0.5) is 0 Å². The van der Waals surface area contributed by atoms with E-state index in [4.69, 9.17) is 13.6 Å². The second kappa shape index (κ2) is 7.12. The van der Waals surface area contributed by atoms with Crippen molar-refractivity contribution >= 4 is 5.97 Å². The highest BCUT2D eigenvalue weighted by Crippen LogP contribution is 2.25. The average Bonchev–Trinajstić information content (AvgIpc) is 3.18. The Morgan fingerprint density at radius 3 is 2.62 bits per heavy atom. The molecule has 24 heavy (non-hydrogen) atoms. The van der Waals surface area contributed by atoms with E-state index in [0.717, 1.165) is 16.9 Å². The molecule has 3 rings (SSSR count). The van der Waals surface area contributed by atoms with Gasteiger partial charge in [-0.2, -0.15) is 0 Å². The first-order valence-corrected chi connectivity index (χ1v) is 7.71. The number of ether oxygens (including phenoxy) is 1. The Bertz CT molecular complexity index is 821. The minimum absolute atomic E-state index is 0.0312. The lowest BCUT2D eigenvalue weighted by molar-refractivity contribution is -0.145. The smallest absolute Gasteiger partial charge is 0.306 e. The fourth-order valence-corrected chi connectivity index (χ4v) is 2.37. The van der Waals surface area contributed by atoms with Crippen molar-refractivity contribution in [3.63, 3.8) is 0 Å². The number of furan rings is 1. The lowest BCUT2D eigenvalue weighted by Gasteiger charge is -2.02. The molecule has 3 aromatic rings. The van der Waals surface area contributed by atoms with Gasteiger partial charge in [0.1, 0.15) is 11.5 Å². The number of hydrogen-bond donors (Lipinski definition) is 0. The molecule has 2 heterocycles. The Balaban J connectivity index is 1.52. The monoisotopic (exact) mass is 326 g/mol. The Kier molecular flexibility index (Phi) is 4.74. The molecule has 6 heteroatoms. The Morgan fingerprint density at radius 2 is 1.92 bits per heavy atom. The number of aromatic nitrogens is 2. The van der Waals surface area contributed by atoms with Gasteiger partial charge in [0.05, 0.1) is 5.56 Å². The van der Waals surface area contributed by atoms with Crippen LogP contribution in [0.1, 0.15) is 29.4 Å². The van der Waals surface area contributed by atoms with Crippen molar-refractivity contribution < 1.29 is 18.4 Å². The highest BCUT2D eigenvalue weighted by atomic mass is 16.5. The van der Waals surface area contributed by atoms with Crippen molar-refractivity contribution in [1.82, 2.24) is 10.2 Å². The maximum Gasteiger partial charge on any atom is 0.306 e. The van der Waals surface area contributed by atoms with Crippen LogP contribution in [-0.4, -0.2) is 16.2 Å². The molecule has 0 radical (unpaired) electrons. The van der Waals surface area contributed by atoms with Gasteiger partial charge in [-0.05, 0) is 31.9 Å². The largest absolute Gasteiger partial charge is 0.466 e. The third-order valence-electron chi connectivity index (χ3n) is 3.56. The Labute approximate surface area is 139 Å². The topological polar surface area (TPSA) is 78.4 Å². The maximum atomic E-state index is 11.8. The first kappa shape index (κ1) is 16.0. The predicted octanol–water partition coefficient (Wildman–Crippen LogP) is 3.62. The van der Waals surface area contributed by atoms with Gasteiger partial charge in [-0.15, -0.1) is 10.2 Å². The van der Waals surface area contributed by atoms with Crippen molar-refractivity contribution in [2.75, 3.05) is 0 Å². The summed E-state index contributed by atoms with van der Waals surface area (Å²) in [5.74, 6) is 1.81. The summed E-state index contributed by atoms with van der Waals surface area (Å²) in [6.07, 6.45) is 0.952. The summed E-state index contributed by atoms with van der Waals surface area (Å²) in [4.78, 5) is 11.8. The van der Waals surface area contributed by atoms with E-state index in [1.54, 1.807) is 0 Å². The molecule has 2 aromatic heterocycles. The third kappa shape index (κ3) is 3.90. The number of aryl methyl sites for hydroxylation is 3. The zero-order chi connectivity index (χ0) is 16.9. The Hall–Kier alpha value is -2.89. The summed E-state index contributed by atoms with van der Waals surface area (Å²) in [6, 6.07) is 11.6. The lowest BCUT2D eigenvalue weighted by atomic mass is 10.1. The van der Waals surface area contributed by atoms with Gasteiger partial charge in [-0.25, -0.2) is 0 Å². The van der Waals surface area contributed by atoms with Gasteiger partial charge in [-0.1, -0.05) is 30.3 Å². The number of carbonyl (C=O) groups is 1. The molecule has 124 valence electrons. The van der Waals surface area contributed by atoms with Crippen LogP contribution >= 0.6 is 0 Å². The molecule has 0 aliphatic heterocycles. The zero-order valence-electron chi connectivity index (χ0n) is 13.6. The molecule has 0 bridgehead atoms. The van der Waals surface area contributed by atoms with Crippen molar-refractivity contribution in [2.24, 2.45) is 0 Å². The molecule has 0 aliphatic rings. The minimum Gasteiger partial charge on any atom is -0.466 e. The summed E-state index contributed by atoms with van der Waals surface area (Å²) in [6.45, 7) is 3.65. The van der Waals surface area contributed by atoms with Crippen LogP contribution in [0.2, 0.25) is 0 Å². The quantitative estimate of drug-likeness (QED) is 0.644. The number of carbonyl (C=O) groups excluding carboxylic acids is 1. The van der Waals surface area contributed by atoms with E-state index in [0.29, 0.717) is 24.5 Å². The second-order valence-electron chi connectivity index (χ2n) is 5.47. The Morgan fingerprint density at radius 1 is 1.12 bits per heavy atom. The molecule has 1 aromatic carbocycles. The average molecular weight is 326 g/mol. The molecule has 6 nitrogen and oxygen atoms in total. The number of rotatable bonds is 6. The number of esters is 1. The fraction of sp³-hybridized carbons (Fsp3) is 0.278. The molecular formula is C18H18N2O4. The van der Waals surface area contributed by atoms with Crippen LogP contribution in [0.25, 0.3) is 11.5 Å². The van der Waals surface area contributed by atoms with E-state index >= 15 is 0 Å². The standard InChI is InChI=1S/C18H18N2O4/c1-12-10-15(13(2)23-12)18-20-19-16(24-18)11-22-17(21)9-8-14-6-4-3-5-7-14/h3-7,10H,8-9,11H2,1-2H3. The van der Waals surface area contributed by atoms with Gasteiger partial charge in [0, 0.05) is 6.42 Å². The van der Waals surface area contributed by atoms with Crippen molar-refractivity contribution in [1.29, 1.82) is 0 Å². The van der Waals surface area contributed by atoms with Gasteiger partial charge in [0.25, 0.3) is 11.8 Å². The summed E-state index contributed by atoms with van der Waals surface area (Å²) in [7, 11) is 0. The van der Waals surface area contributed by atoms with Crippen molar-refractivity contribution in [3.05, 3.63) is 59.4 Å². The highest BCUT2D eigenvalue weighted by molar-refractivity contribution is 5.69. The van der Waals surface area contributed by atoms with E-state index in [1.807, 2.05) is 50.2 Å². The van der Waals surface area contributed by atoms with Crippen LogP contribution in [0.5, 0.6) is 0 Å². The van der Waals surface area contributed by atoms with Crippen LogP contribution in [-0.2, 0) is 22.6 Å². The van der Waals surface area contributed by atoms with Gasteiger partial charge in [0.15, 0.2) is 6.61 Å². The van der Waals surface area contributed by atoms with Crippen LogP contribution in [0, 0.1) is 13.8 Å². The molecule has 0 unspecified atom stereocenters. The molecule has 0 N–H and O–H groups in total. The van der Waals surface area contributed by atoms with Crippen molar-refractivity contribution in [3.8, 4) is 11.5 Å². The van der Waals surface area contributed by atoms with Gasteiger partial charge in [0.2, 0.25) is 0 Å². The van der Waals surface area contributed by atoms with Gasteiger partial charge < -0.3 is 13.6 Å². The van der Waals surface area contributed by atoms with Gasteiger partial charge >= 0.3 is 5.97 Å².